The SMILES string of the molecule is CCN(Cc1ccccc1OC(F)(F)F)CC1CCCN1. The summed E-state index contributed by atoms with van der Waals surface area (Å²) in [6.45, 7) is 5.13. The molecule has 1 aromatic carbocycles. The Bertz CT molecular complexity index is 445. The zero-order chi connectivity index (χ0) is 15.3. The molecule has 1 N–H and O–H groups in total. The maximum atomic E-state index is 12.4. The van der Waals surface area contributed by atoms with Crippen molar-refractivity contribution in [3.05, 3.63) is 29.8 Å². The van der Waals surface area contributed by atoms with Gasteiger partial charge < -0.3 is 10.1 Å². The Kier molecular flexibility index (Phi) is 5.47. The first kappa shape index (κ1) is 16.1. The first-order chi connectivity index (χ1) is 9.98. The first-order valence-corrected chi connectivity index (χ1v) is 7.27. The minimum atomic E-state index is -4.65. The number of rotatable bonds is 6. The summed E-state index contributed by atoms with van der Waals surface area (Å²) in [5.41, 5.74) is 0.565. The fraction of sp³-hybridized carbons (Fsp3) is 0.600. The Labute approximate surface area is 123 Å². The number of halogens is 3. The predicted molar refractivity (Wildman–Crippen MR) is 75.1 cm³/mol. The van der Waals surface area contributed by atoms with Gasteiger partial charge in [-0.2, -0.15) is 0 Å². The van der Waals surface area contributed by atoms with E-state index in [4.69, 9.17) is 0 Å². The van der Waals surface area contributed by atoms with Crippen molar-refractivity contribution in [3.8, 4) is 5.75 Å². The Morgan fingerprint density at radius 1 is 1.33 bits per heavy atom. The maximum Gasteiger partial charge on any atom is 0.573 e. The van der Waals surface area contributed by atoms with Gasteiger partial charge in [-0.15, -0.1) is 13.2 Å². The van der Waals surface area contributed by atoms with Gasteiger partial charge in [-0.3, -0.25) is 4.90 Å². The van der Waals surface area contributed by atoms with Crippen LogP contribution in [-0.4, -0.2) is 36.9 Å². The maximum absolute atomic E-state index is 12.4. The average Bonchev–Trinajstić information content (AvgIpc) is 2.91. The highest BCUT2D eigenvalue weighted by molar-refractivity contribution is 5.33. The van der Waals surface area contributed by atoms with E-state index in [1.54, 1.807) is 18.2 Å². The molecule has 1 aliphatic rings. The minimum Gasteiger partial charge on any atom is -0.405 e. The molecule has 1 unspecified atom stereocenters. The number of alkyl halides is 3. The van der Waals surface area contributed by atoms with Crippen LogP contribution in [0, 0.1) is 0 Å². The zero-order valence-electron chi connectivity index (χ0n) is 12.1. The van der Waals surface area contributed by atoms with Gasteiger partial charge in [-0.25, -0.2) is 0 Å². The molecule has 0 aliphatic carbocycles. The fourth-order valence-corrected chi connectivity index (χ4v) is 2.63. The van der Waals surface area contributed by atoms with Crippen LogP contribution in [0.5, 0.6) is 5.75 Å². The normalized spacial score (nSPS) is 19.2. The van der Waals surface area contributed by atoms with Crippen molar-refractivity contribution < 1.29 is 17.9 Å². The second kappa shape index (κ2) is 7.13. The van der Waals surface area contributed by atoms with E-state index in [1.807, 2.05) is 6.92 Å². The third kappa shape index (κ3) is 5.21. The lowest BCUT2D eigenvalue weighted by Gasteiger charge is -2.25. The van der Waals surface area contributed by atoms with E-state index in [0.717, 1.165) is 32.5 Å². The zero-order valence-corrected chi connectivity index (χ0v) is 12.1. The summed E-state index contributed by atoms with van der Waals surface area (Å²) in [6, 6.07) is 6.77. The Hall–Kier alpha value is -1.27. The number of nitrogens with one attached hydrogen (secondary N) is 1. The smallest absolute Gasteiger partial charge is 0.405 e. The van der Waals surface area contributed by atoms with E-state index in [2.05, 4.69) is 15.0 Å². The number of hydrogen-bond donors (Lipinski definition) is 1. The van der Waals surface area contributed by atoms with E-state index < -0.39 is 6.36 Å². The highest BCUT2D eigenvalue weighted by Gasteiger charge is 2.32. The molecule has 1 atom stereocenters. The van der Waals surface area contributed by atoms with Crippen molar-refractivity contribution in [2.24, 2.45) is 0 Å². The van der Waals surface area contributed by atoms with Crippen LogP contribution in [0.15, 0.2) is 24.3 Å². The van der Waals surface area contributed by atoms with Crippen LogP contribution in [0.1, 0.15) is 25.3 Å². The van der Waals surface area contributed by atoms with Gasteiger partial charge in [0.2, 0.25) is 0 Å². The molecule has 0 amide bonds. The third-order valence-electron chi connectivity index (χ3n) is 3.68. The summed E-state index contributed by atoms with van der Waals surface area (Å²) in [6.07, 6.45) is -2.37. The van der Waals surface area contributed by atoms with Gasteiger partial charge in [0.25, 0.3) is 0 Å². The van der Waals surface area contributed by atoms with Crippen LogP contribution in [0.2, 0.25) is 0 Å². The van der Waals surface area contributed by atoms with Crippen molar-refractivity contribution in [1.82, 2.24) is 10.2 Å². The topological polar surface area (TPSA) is 24.5 Å². The second-order valence-corrected chi connectivity index (χ2v) is 5.28. The van der Waals surface area contributed by atoms with Gasteiger partial charge in [0.15, 0.2) is 0 Å². The Balaban J connectivity index is 2.02. The predicted octanol–water partition coefficient (Wildman–Crippen LogP) is 3.16. The fourth-order valence-electron chi connectivity index (χ4n) is 2.63. The monoisotopic (exact) mass is 302 g/mol. The van der Waals surface area contributed by atoms with Gasteiger partial charge in [0, 0.05) is 24.7 Å². The lowest BCUT2D eigenvalue weighted by Crippen LogP contribution is -2.37. The summed E-state index contributed by atoms with van der Waals surface area (Å²) in [7, 11) is 0. The van der Waals surface area contributed by atoms with Crippen LogP contribution >= 0.6 is 0 Å². The van der Waals surface area contributed by atoms with Crippen molar-refractivity contribution >= 4 is 0 Å². The molecule has 1 aromatic rings. The standard InChI is InChI=1S/C15H21F3N2O/c1-2-20(11-13-7-5-9-19-13)10-12-6-3-4-8-14(12)21-15(16,17)18/h3-4,6,8,13,19H,2,5,7,9-11H2,1H3. The molecule has 0 aromatic heterocycles. The van der Waals surface area contributed by atoms with Crippen LogP contribution in [-0.2, 0) is 6.54 Å². The molecule has 0 saturated carbocycles. The van der Waals surface area contributed by atoms with E-state index in [1.165, 1.54) is 6.07 Å². The summed E-state index contributed by atoms with van der Waals surface area (Å²) < 4.78 is 41.4. The summed E-state index contributed by atoms with van der Waals surface area (Å²) in [5.74, 6) is -0.108. The quantitative estimate of drug-likeness (QED) is 0.873. The van der Waals surface area contributed by atoms with Crippen LogP contribution in [0.3, 0.4) is 0 Å². The average molecular weight is 302 g/mol. The lowest BCUT2D eigenvalue weighted by molar-refractivity contribution is -0.275. The van der Waals surface area contributed by atoms with Crippen molar-refractivity contribution in [2.45, 2.75) is 38.7 Å². The number of benzene rings is 1. The Morgan fingerprint density at radius 3 is 2.71 bits per heavy atom. The summed E-state index contributed by atoms with van der Waals surface area (Å²) in [5, 5.41) is 3.41. The molecule has 1 heterocycles. The highest BCUT2D eigenvalue weighted by Crippen LogP contribution is 2.27. The largest absolute Gasteiger partial charge is 0.573 e. The van der Waals surface area contributed by atoms with E-state index >= 15 is 0 Å². The van der Waals surface area contributed by atoms with Crippen LogP contribution in [0.25, 0.3) is 0 Å². The van der Waals surface area contributed by atoms with Gasteiger partial charge in [0.1, 0.15) is 5.75 Å². The number of hydrogen-bond acceptors (Lipinski definition) is 3. The van der Waals surface area contributed by atoms with Crippen molar-refractivity contribution in [2.75, 3.05) is 19.6 Å². The molecular weight excluding hydrogens is 281 g/mol. The molecule has 6 heteroatoms. The molecule has 1 fully saturated rings. The Morgan fingerprint density at radius 2 is 2.10 bits per heavy atom. The molecule has 21 heavy (non-hydrogen) atoms. The molecule has 118 valence electrons. The molecule has 0 radical (unpaired) electrons. The highest BCUT2D eigenvalue weighted by atomic mass is 19.4. The molecular formula is C15H21F3N2O. The molecule has 1 aliphatic heterocycles. The molecule has 0 spiro atoms. The summed E-state index contributed by atoms with van der Waals surface area (Å²) in [4.78, 5) is 2.14. The number of ether oxygens (including phenoxy) is 1. The minimum absolute atomic E-state index is 0.108. The van der Waals surface area contributed by atoms with Crippen molar-refractivity contribution in [3.63, 3.8) is 0 Å². The third-order valence-corrected chi connectivity index (χ3v) is 3.68. The molecule has 1 saturated heterocycles. The van der Waals surface area contributed by atoms with Gasteiger partial charge in [-0.1, -0.05) is 25.1 Å². The van der Waals surface area contributed by atoms with Gasteiger partial charge in [-0.05, 0) is 32.0 Å². The summed E-state index contributed by atoms with van der Waals surface area (Å²) >= 11 is 0. The van der Waals surface area contributed by atoms with Gasteiger partial charge >= 0.3 is 6.36 Å². The van der Waals surface area contributed by atoms with E-state index in [-0.39, 0.29) is 5.75 Å². The first-order valence-electron chi connectivity index (χ1n) is 7.27. The molecule has 3 nitrogen and oxygen atoms in total. The van der Waals surface area contributed by atoms with Crippen LogP contribution < -0.4 is 10.1 Å². The molecule has 0 bridgehead atoms. The van der Waals surface area contributed by atoms with E-state index in [0.29, 0.717) is 18.2 Å². The number of para-hydroxylation sites is 1. The van der Waals surface area contributed by atoms with E-state index in [9.17, 15) is 13.2 Å². The molecule has 2 rings (SSSR count). The van der Waals surface area contributed by atoms with Crippen LogP contribution in [0.4, 0.5) is 13.2 Å². The lowest BCUT2D eigenvalue weighted by atomic mass is 10.1. The van der Waals surface area contributed by atoms with Gasteiger partial charge in [0.05, 0.1) is 0 Å². The number of likely N-dealkylation sites (N-methyl/N-ethyl adjacent to an activating group) is 1. The second-order valence-electron chi connectivity index (χ2n) is 5.28. The number of nitrogens with zero attached hydrogens (tertiary/aromatic N) is 1. The van der Waals surface area contributed by atoms with Crippen molar-refractivity contribution in [1.29, 1.82) is 0 Å².